The van der Waals surface area contributed by atoms with Crippen LogP contribution in [-0.4, -0.2) is 28.7 Å². The molecule has 3 rings (SSSR count). The Bertz CT molecular complexity index is 1040. The molecule has 0 atom stereocenters. The average molecular weight is 483 g/mol. The van der Waals surface area contributed by atoms with Crippen molar-refractivity contribution in [2.24, 2.45) is 0 Å². The molecule has 0 fully saturated rings. The summed E-state index contributed by atoms with van der Waals surface area (Å²) in [6.07, 6.45) is -0.0675. The topological polar surface area (TPSA) is 62.6 Å². The lowest BCUT2D eigenvalue weighted by atomic mass is 10.1. The molecule has 0 aliphatic carbocycles. The first-order valence-corrected chi connectivity index (χ1v) is 10.2. The summed E-state index contributed by atoms with van der Waals surface area (Å²) in [7, 11) is 0. The van der Waals surface area contributed by atoms with Gasteiger partial charge < -0.3 is 14.2 Å². The van der Waals surface area contributed by atoms with Gasteiger partial charge in [-0.15, -0.1) is 0 Å². The quantitative estimate of drug-likeness (QED) is 0.388. The highest BCUT2D eigenvalue weighted by Gasteiger charge is 2.19. The van der Waals surface area contributed by atoms with Gasteiger partial charge in [0, 0.05) is 4.47 Å². The van der Waals surface area contributed by atoms with Gasteiger partial charge in [-0.3, -0.25) is 9.36 Å². The zero-order valence-corrected chi connectivity index (χ0v) is 18.1. The van der Waals surface area contributed by atoms with Crippen LogP contribution in [0.2, 0.25) is 0 Å². The molecule has 2 aromatic carbocycles. The molecule has 0 aliphatic heterocycles. The first-order chi connectivity index (χ1) is 14.4. The monoisotopic (exact) mass is 482 g/mol. The van der Waals surface area contributed by atoms with Gasteiger partial charge in [-0.25, -0.2) is 4.98 Å². The summed E-state index contributed by atoms with van der Waals surface area (Å²) in [6, 6.07) is 9.97. The maximum Gasteiger partial charge on any atom is 0.320 e. The predicted octanol–water partition coefficient (Wildman–Crippen LogP) is 5.28. The molecule has 0 N–H and O–H groups in total. The van der Waals surface area contributed by atoms with Crippen molar-refractivity contribution in [3.05, 3.63) is 52.3 Å². The lowest BCUT2D eigenvalue weighted by Crippen LogP contribution is -2.12. The van der Waals surface area contributed by atoms with E-state index in [0.717, 1.165) is 4.57 Å². The first-order valence-electron chi connectivity index (χ1n) is 9.42. The van der Waals surface area contributed by atoms with Gasteiger partial charge in [-0.1, -0.05) is 28.1 Å². The van der Waals surface area contributed by atoms with Crippen molar-refractivity contribution in [3.63, 3.8) is 0 Å². The summed E-state index contributed by atoms with van der Waals surface area (Å²) in [5.41, 5.74) is 1.34. The van der Waals surface area contributed by atoms with Crippen molar-refractivity contribution >= 4 is 32.9 Å². The fourth-order valence-corrected chi connectivity index (χ4v) is 3.48. The minimum Gasteiger partial charge on any atom is -0.490 e. The van der Waals surface area contributed by atoms with E-state index in [1.807, 2.05) is 13.8 Å². The normalized spacial score (nSPS) is 11.1. The predicted molar refractivity (Wildman–Crippen MR) is 111 cm³/mol. The Balaban J connectivity index is 1.74. The number of halogens is 3. The van der Waals surface area contributed by atoms with Crippen molar-refractivity contribution in [1.82, 2.24) is 9.55 Å². The fourth-order valence-electron chi connectivity index (χ4n) is 3.01. The van der Waals surface area contributed by atoms with Gasteiger partial charge in [0.25, 0.3) is 0 Å². The summed E-state index contributed by atoms with van der Waals surface area (Å²) in [5, 5.41) is 0. The Labute approximate surface area is 180 Å². The highest BCUT2D eigenvalue weighted by molar-refractivity contribution is 9.10. The van der Waals surface area contributed by atoms with Crippen LogP contribution in [0.15, 0.2) is 40.9 Å². The van der Waals surface area contributed by atoms with E-state index in [9.17, 15) is 13.6 Å². The fraction of sp³-hybridized carbons (Fsp3) is 0.333. The SMILES string of the molecule is CCOc1cc(Br)c(CC(=O)OCc2nc3ccccc3n2C(F)F)cc1OCC. The van der Waals surface area contributed by atoms with Gasteiger partial charge in [-0.05, 0) is 43.7 Å². The highest BCUT2D eigenvalue weighted by Crippen LogP contribution is 2.34. The van der Waals surface area contributed by atoms with Gasteiger partial charge in [0.15, 0.2) is 17.3 Å². The zero-order valence-electron chi connectivity index (χ0n) is 16.5. The molecule has 9 heteroatoms. The molecule has 0 saturated carbocycles. The lowest BCUT2D eigenvalue weighted by molar-refractivity contribution is -0.144. The number of benzene rings is 2. The molecule has 0 bridgehead atoms. The Morgan fingerprint density at radius 2 is 1.80 bits per heavy atom. The number of nitrogens with zero attached hydrogens (tertiary/aromatic N) is 2. The number of aromatic nitrogens is 2. The second-order valence-corrected chi connectivity index (χ2v) is 7.11. The Morgan fingerprint density at radius 3 is 2.47 bits per heavy atom. The number of imidazole rings is 1. The minimum atomic E-state index is -2.79. The molecule has 160 valence electrons. The number of para-hydroxylation sites is 2. The number of carbonyl (C=O) groups is 1. The molecule has 0 saturated heterocycles. The molecule has 0 aliphatic rings. The van der Waals surface area contributed by atoms with Crippen molar-refractivity contribution in [2.45, 2.75) is 33.4 Å². The van der Waals surface area contributed by atoms with E-state index in [1.54, 1.807) is 36.4 Å². The van der Waals surface area contributed by atoms with Crippen LogP contribution in [0.1, 0.15) is 31.8 Å². The maximum atomic E-state index is 13.5. The minimum absolute atomic E-state index is 0.0136. The van der Waals surface area contributed by atoms with E-state index in [1.165, 1.54) is 0 Å². The molecular weight excluding hydrogens is 462 g/mol. The number of carbonyl (C=O) groups excluding carboxylic acids is 1. The smallest absolute Gasteiger partial charge is 0.320 e. The van der Waals surface area contributed by atoms with Crippen LogP contribution in [0.3, 0.4) is 0 Å². The van der Waals surface area contributed by atoms with Crippen LogP contribution in [-0.2, 0) is 22.6 Å². The molecule has 30 heavy (non-hydrogen) atoms. The summed E-state index contributed by atoms with van der Waals surface area (Å²) < 4.78 is 44.8. The third kappa shape index (κ3) is 4.89. The van der Waals surface area contributed by atoms with Gasteiger partial charge in [0.1, 0.15) is 6.61 Å². The molecular formula is C21H21BrF2N2O4. The number of hydrogen-bond donors (Lipinski definition) is 0. The molecule has 1 heterocycles. The number of ether oxygens (including phenoxy) is 3. The third-order valence-electron chi connectivity index (χ3n) is 4.27. The van der Waals surface area contributed by atoms with Crippen LogP contribution >= 0.6 is 15.9 Å². The van der Waals surface area contributed by atoms with Crippen molar-refractivity contribution in [1.29, 1.82) is 0 Å². The first kappa shape index (κ1) is 22.0. The number of fused-ring (bicyclic) bond motifs is 1. The largest absolute Gasteiger partial charge is 0.490 e. The summed E-state index contributed by atoms with van der Waals surface area (Å²) in [6.45, 7) is 1.47. The molecule has 0 amide bonds. The highest BCUT2D eigenvalue weighted by atomic mass is 79.9. The van der Waals surface area contributed by atoms with Gasteiger partial charge in [0.2, 0.25) is 0 Å². The van der Waals surface area contributed by atoms with E-state index < -0.39 is 12.5 Å². The van der Waals surface area contributed by atoms with Crippen molar-refractivity contribution < 1.29 is 27.8 Å². The summed E-state index contributed by atoms with van der Waals surface area (Å²) >= 11 is 3.42. The summed E-state index contributed by atoms with van der Waals surface area (Å²) in [5.74, 6) is 0.495. The van der Waals surface area contributed by atoms with Gasteiger partial charge >= 0.3 is 12.5 Å². The van der Waals surface area contributed by atoms with E-state index >= 15 is 0 Å². The second kappa shape index (κ2) is 9.88. The lowest BCUT2D eigenvalue weighted by Gasteiger charge is -2.14. The standard InChI is InChI=1S/C21H21BrF2N2O4/c1-3-28-17-9-13(14(22)11-18(17)29-4-2)10-20(27)30-12-19-25-15-7-5-6-8-16(15)26(19)21(23)24/h5-9,11,21H,3-4,10,12H2,1-2H3. The third-order valence-corrected chi connectivity index (χ3v) is 5.01. The van der Waals surface area contributed by atoms with E-state index in [-0.39, 0.29) is 24.4 Å². The second-order valence-electron chi connectivity index (χ2n) is 6.26. The molecule has 0 radical (unpaired) electrons. The molecule has 0 unspecified atom stereocenters. The molecule has 6 nitrogen and oxygen atoms in total. The van der Waals surface area contributed by atoms with Gasteiger partial charge in [0.05, 0.1) is 30.7 Å². The van der Waals surface area contributed by atoms with Crippen LogP contribution in [0.4, 0.5) is 8.78 Å². The van der Waals surface area contributed by atoms with Crippen LogP contribution in [0.25, 0.3) is 11.0 Å². The Kier molecular flexibility index (Phi) is 7.25. The Morgan fingerprint density at radius 1 is 1.13 bits per heavy atom. The number of alkyl halides is 2. The number of hydrogen-bond acceptors (Lipinski definition) is 5. The van der Waals surface area contributed by atoms with Gasteiger partial charge in [-0.2, -0.15) is 8.78 Å². The Hall–Kier alpha value is -2.68. The average Bonchev–Trinajstić information content (AvgIpc) is 3.09. The molecule has 1 aromatic heterocycles. The van der Waals surface area contributed by atoms with Crippen LogP contribution < -0.4 is 9.47 Å². The van der Waals surface area contributed by atoms with Crippen molar-refractivity contribution in [2.75, 3.05) is 13.2 Å². The van der Waals surface area contributed by atoms with Crippen molar-refractivity contribution in [3.8, 4) is 11.5 Å². The van der Waals surface area contributed by atoms with E-state index in [0.29, 0.717) is 40.3 Å². The summed E-state index contributed by atoms with van der Waals surface area (Å²) in [4.78, 5) is 16.5. The van der Waals surface area contributed by atoms with Crippen LogP contribution in [0, 0.1) is 0 Å². The van der Waals surface area contributed by atoms with Crippen LogP contribution in [0.5, 0.6) is 11.5 Å². The van der Waals surface area contributed by atoms with E-state index in [2.05, 4.69) is 20.9 Å². The number of rotatable bonds is 9. The zero-order chi connectivity index (χ0) is 21.7. The maximum absolute atomic E-state index is 13.5. The molecule has 0 spiro atoms. The van der Waals surface area contributed by atoms with E-state index in [4.69, 9.17) is 14.2 Å². The molecule has 3 aromatic rings. The number of esters is 1.